The van der Waals surface area contributed by atoms with Crippen LogP contribution in [0.15, 0.2) is 42.6 Å². The molecule has 0 bridgehead atoms. The van der Waals surface area contributed by atoms with E-state index in [-0.39, 0.29) is 10.8 Å². The van der Waals surface area contributed by atoms with Crippen LogP contribution in [0.1, 0.15) is 13.3 Å². The van der Waals surface area contributed by atoms with Crippen LogP contribution in [-0.2, 0) is 14.3 Å². The van der Waals surface area contributed by atoms with E-state index in [0.717, 1.165) is 0 Å². The lowest BCUT2D eigenvalue weighted by molar-refractivity contribution is -0.154. The lowest BCUT2D eigenvalue weighted by Gasteiger charge is -2.16. The van der Waals surface area contributed by atoms with Crippen LogP contribution in [0.4, 0.5) is 5.82 Å². The molecule has 1 atom stereocenters. The topological polar surface area (TPSA) is 77.5 Å². The average molecular weight is 383 g/mol. The zero-order chi connectivity index (χ0) is 18.2. The van der Waals surface area contributed by atoms with Crippen molar-refractivity contribution in [2.45, 2.75) is 19.4 Å². The predicted molar refractivity (Wildman–Crippen MR) is 95.0 cm³/mol. The molecule has 0 aliphatic carbocycles. The summed E-state index contributed by atoms with van der Waals surface area (Å²) in [5.74, 6) is -0.510. The van der Waals surface area contributed by atoms with Gasteiger partial charge in [0.25, 0.3) is 5.91 Å². The Labute approximate surface area is 155 Å². The first-order valence-electron chi connectivity index (χ1n) is 7.48. The Kier molecular flexibility index (Phi) is 7.03. The lowest BCUT2D eigenvalue weighted by Crippen LogP contribution is -2.31. The van der Waals surface area contributed by atoms with Crippen molar-refractivity contribution in [3.8, 4) is 5.75 Å². The molecule has 1 aromatic carbocycles. The number of nitrogens with zero attached hydrogens (tertiary/aromatic N) is 1. The maximum Gasteiger partial charge on any atom is 0.347 e. The molecule has 0 aliphatic rings. The highest BCUT2D eigenvalue weighted by Crippen LogP contribution is 2.22. The summed E-state index contributed by atoms with van der Waals surface area (Å²) in [6, 6.07) is 10.3. The summed E-state index contributed by atoms with van der Waals surface area (Å²) in [5, 5.41) is 2.97. The van der Waals surface area contributed by atoms with E-state index in [0.29, 0.717) is 17.2 Å². The zero-order valence-electron chi connectivity index (χ0n) is 13.4. The highest BCUT2D eigenvalue weighted by molar-refractivity contribution is 6.36. The fraction of sp³-hybridized carbons (Fsp3) is 0.235. The molecule has 1 heterocycles. The second-order valence-corrected chi connectivity index (χ2v) is 5.81. The van der Waals surface area contributed by atoms with E-state index in [9.17, 15) is 9.59 Å². The first kappa shape index (κ1) is 19.0. The van der Waals surface area contributed by atoms with E-state index in [1.54, 1.807) is 31.2 Å². The second-order valence-electron chi connectivity index (χ2n) is 4.97. The summed E-state index contributed by atoms with van der Waals surface area (Å²) in [5.41, 5.74) is 0. The fourth-order valence-corrected chi connectivity index (χ4v) is 2.29. The number of aromatic nitrogens is 1. The van der Waals surface area contributed by atoms with E-state index < -0.39 is 24.6 Å². The third kappa shape index (κ3) is 5.92. The molecule has 0 unspecified atom stereocenters. The maximum absolute atomic E-state index is 12.1. The molecule has 0 radical (unpaired) electrons. The smallest absolute Gasteiger partial charge is 0.347 e. The van der Waals surface area contributed by atoms with E-state index in [4.69, 9.17) is 32.7 Å². The van der Waals surface area contributed by atoms with Crippen molar-refractivity contribution in [2.24, 2.45) is 0 Å². The first-order valence-corrected chi connectivity index (χ1v) is 8.24. The molecule has 1 amide bonds. The lowest BCUT2D eigenvalue weighted by atomic mass is 10.2. The number of nitrogens with one attached hydrogen (secondary N) is 1. The standard InChI is InChI=1S/C17H16Cl2N2O4/c1-2-14(25-12-6-4-3-5-7-12)17(23)24-10-15(22)21-16-13(19)8-11(18)9-20-16/h3-9,14H,2,10H2,1H3,(H,20,21,22)/t14-/m0/s1. The number of amides is 1. The molecule has 132 valence electrons. The van der Waals surface area contributed by atoms with E-state index >= 15 is 0 Å². The summed E-state index contributed by atoms with van der Waals surface area (Å²) < 4.78 is 10.5. The zero-order valence-corrected chi connectivity index (χ0v) is 14.9. The van der Waals surface area contributed by atoms with Gasteiger partial charge in [-0.05, 0) is 24.6 Å². The Hall–Kier alpha value is -2.31. The van der Waals surface area contributed by atoms with Gasteiger partial charge < -0.3 is 14.8 Å². The van der Waals surface area contributed by atoms with Crippen LogP contribution in [0.25, 0.3) is 0 Å². The van der Waals surface area contributed by atoms with E-state index in [1.807, 2.05) is 6.07 Å². The van der Waals surface area contributed by atoms with Crippen LogP contribution in [0, 0.1) is 0 Å². The molecule has 0 aliphatic heterocycles. The third-order valence-electron chi connectivity index (χ3n) is 3.07. The van der Waals surface area contributed by atoms with Gasteiger partial charge >= 0.3 is 5.97 Å². The number of carbonyl (C=O) groups is 2. The van der Waals surface area contributed by atoms with Crippen LogP contribution in [-0.4, -0.2) is 29.6 Å². The minimum atomic E-state index is -0.799. The summed E-state index contributed by atoms with van der Waals surface area (Å²) >= 11 is 11.6. The molecule has 2 rings (SSSR count). The highest BCUT2D eigenvalue weighted by Gasteiger charge is 2.21. The molecule has 2 aromatic rings. The van der Waals surface area contributed by atoms with Crippen molar-refractivity contribution in [1.29, 1.82) is 0 Å². The number of benzene rings is 1. The van der Waals surface area contributed by atoms with Crippen LogP contribution in [0.3, 0.4) is 0 Å². The van der Waals surface area contributed by atoms with Crippen molar-refractivity contribution in [3.63, 3.8) is 0 Å². The number of hydrogen-bond acceptors (Lipinski definition) is 5. The number of hydrogen-bond donors (Lipinski definition) is 1. The molecule has 1 N–H and O–H groups in total. The van der Waals surface area contributed by atoms with Crippen LogP contribution < -0.4 is 10.1 Å². The quantitative estimate of drug-likeness (QED) is 0.738. The van der Waals surface area contributed by atoms with Gasteiger partial charge in [0.15, 0.2) is 18.5 Å². The molecule has 8 heteroatoms. The van der Waals surface area contributed by atoms with Crippen molar-refractivity contribution < 1.29 is 19.1 Å². The summed E-state index contributed by atoms with van der Waals surface area (Å²) in [6.07, 6.45) is 0.947. The predicted octanol–water partition coefficient (Wildman–Crippen LogP) is 3.73. The van der Waals surface area contributed by atoms with Gasteiger partial charge in [-0.15, -0.1) is 0 Å². The number of para-hydroxylation sites is 1. The van der Waals surface area contributed by atoms with Gasteiger partial charge in [-0.3, -0.25) is 4.79 Å². The van der Waals surface area contributed by atoms with Crippen molar-refractivity contribution >= 4 is 40.9 Å². The second kappa shape index (κ2) is 9.25. The molecule has 0 fully saturated rings. The molecule has 0 saturated carbocycles. The van der Waals surface area contributed by atoms with Gasteiger partial charge in [0.05, 0.1) is 10.0 Å². The normalized spacial score (nSPS) is 11.5. The third-order valence-corrected chi connectivity index (χ3v) is 3.56. The Bertz CT molecular complexity index is 741. The van der Waals surface area contributed by atoms with E-state index in [1.165, 1.54) is 12.3 Å². The summed E-state index contributed by atoms with van der Waals surface area (Å²) in [4.78, 5) is 27.8. The number of pyridine rings is 1. The van der Waals surface area contributed by atoms with Gasteiger partial charge in [-0.25, -0.2) is 9.78 Å². The molecule has 0 spiro atoms. The van der Waals surface area contributed by atoms with Gasteiger partial charge in [0, 0.05) is 6.20 Å². The Balaban J connectivity index is 1.86. The van der Waals surface area contributed by atoms with Crippen molar-refractivity contribution in [3.05, 3.63) is 52.6 Å². The Morgan fingerprint density at radius 3 is 2.60 bits per heavy atom. The Morgan fingerprint density at radius 1 is 1.24 bits per heavy atom. The molecular weight excluding hydrogens is 367 g/mol. The van der Waals surface area contributed by atoms with Gasteiger partial charge in [0.1, 0.15) is 5.75 Å². The maximum atomic E-state index is 12.1. The summed E-state index contributed by atoms with van der Waals surface area (Å²) in [7, 11) is 0. The number of rotatable bonds is 7. The number of halogens is 2. The summed E-state index contributed by atoms with van der Waals surface area (Å²) in [6.45, 7) is 1.31. The van der Waals surface area contributed by atoms with Gasteiger partial charge in [0.2, 0.25) is 0 Å². The number of esters is 1. The molecular formula is C17H16Cl2N2O4. The molecule has 1 aromatic heterocycles. The van der Waals surface area contributed by atoms with Crippen molar-refractivity contribution in [2.75, 3.05) is 11.9 Å². The SMILES string of the molecule is CC[C@H](Oc1ccccc1)C(=O)OCC(=O)Nc1ncc(Cl)cc1Cl. The monoisotopic (exact) mass is 382 g/mol. The van der Waals surface area contributed by atoms with Crippen LogP contribution in [0.5, 0.6) is 5.75 Å². The highest BCUT2D eigenvalue weighted by atomic mass is 35.5. The van der Waals surface area contributed by atoms with Crippen LogP contribution >= 0.6 is 23.2 Å². The van der Waals surface area contributed by atoms with Gasteiger partial charge in [-0.2, -0.15) is 0 Å². The van der Waals surface area contributed by atoms with E-state index in [2.05, 4.69) is 10.3 Å². The number of anilines is 1. The van der Waals surface area contributed by atoms with Crippen molar-refractivity contribution in [1.82, 2.24) is 4.98 Å². The fourth-order valence-electron chi connectivity index (χ4n) is 1.87. The minimum Gasteiger partial charge on any atom is -0.479 e. The minimum absolute atomic E-state index is 0.139. The number of ether oxygens (including phenoxy) is 2. The number of carbonyl (C=O) groups excluding carboxylic acids is 2. The molecule has 0 saturated heterocycles. The van der Waals surface area contributed by atoms with Gasteiger partial charge in [-0.1, -0.05) is 48.3 Å². The molecule has 25 heavy (non-hydrogen) atoms. The first-order chi connectivity index (χ1) is 12.0. The largest absolute Gasteiger partial charge is 0.479 e. The Morgan fingerprint density at radius 2 is 1.96 bits per heavy atom. The molecule has 6 nitrogen and oxygen atoms in total. The van der Waals surface area contributed by atoms with Crippen LogP contribution in [0.2, 0.25) is 10.0 Å². The average Bonchev–Trinajstić information content (AvgIpc) is 2.61.